The number of hydrogen-bond acceptors (Lipinski definition) is 8. The largest absolute Gasteiger partial charge is 1.00 e. The molecule has 2 aliphatic heterocycles. The van der Waals surface area contributed by atoms with Crippen LogP contribution in [0.5, 0.6) is 0 Å². The molecular weight excluding hydrogens is 614 g/mol. The van der Waals surface area contributed by atoms with E-state index in [9.17, 15) is 18.9 Å². The first-order chi connectivity index (χ1) is 21.1. The van der Waals surface area contributed by atoms with E-state index in [1.54, 1.807) is 19.4 Å². The number of rotatable bonds is 21. The van der Waals surface area contributed by atoms with Crippen LogP contribution >= 0.6 is 7.14 Å². The number of allylic oxidation sites excluding steroid dienone is 1. The molecule has 0 aliphatic carbocycles. The molecule has 10 heteroatoms. The summed E-state index contributed by atoms with van der Waals surface area (Å²) in [7, 11) is -2.14. The number of aldehydes is 1. The van der Waals surface area contributed by atoms with Gasteiger partial charge >= 0.3 is 29.6 Å². The zero-order valence-corrected chi connectivity index (χ0v) is 33.9. The second kappa shape index (κ2) is 27.6. The number of ketones is 2. The maximum atomic E-state index is 11.7. The van der Waals surface area contributed by atoms with Crippen molar-refractivity contribution in [1.29, 1.82) is 0 Å². The summed E-state index contributed by atoms with van der Waals surface area (Å²) in [5.74, 6) is -0.549. The van der Waals surface area contributed by atoms with E-state index in [0.717, 1.165) is 32.0 Å². The van der Waals surface area contributed by atoms with Crippen LogP contribution in [0.15, 0.2) is 12.2 Å². The topological polar surface area (TPSA) is 105 Å². The third-order valence-corrected chi connectivity index (χ3v) is 8.45. The Morgan fingerprint density at radius 1 is 0.739 bits per heavy atom. The van der Waals surface area contributed by atoms with Gasteiger partial charge in [-0.2, -0.15) is 0 Å². The molecular formula is C36H68NaO8P. The van der Waals surface area contributed by atoms with Gasteiger partial charge in [-0.1, -0.05) is 84.1 Å². The van der Waals surface area contributed by atoms with Crippen LogP contribution in [-0.4, -0.2) is 74.3 Å². The molecule has 0 N–H and O–H groups in total. The van der Waals surface area contributed by atoms with Crippen LogP contribution in [-0.2, 0) is 37.9 Å². The van der Waals surface area contributed by atoms with E-state index in [4.69, 9.17) is 18.9 Å². The summed E-state index contributed by atoms with van der Waals surface area (Å²) in [6.45, 7) is 16.5. The first kappa shape index (κ1) is 47.9. The Morgan fingerprint density at radius 2 is 1.17 bits per heavy atom. The molecule has 0 aromatic carbocycles. The summed E-state index contributed by atoms with van der Waals surface area (Å²) in [5, 5.41) is 0. The quantitative estimate of drug-likeness (QED) is 0.0465. The molecule has 2 fully saturated rings. The average Bonchev–Trinajstić information content (AvgIpc) is 3.47. The summed E-state index contributed by atoms with van der Waals surface area (Å²) < 4.78 is 33.1. The van der Waals surface area contributed by atoms with E-state index in [1.807, 2.05) is 33.8 Å². The van der Waals surface area contributed by atoms with Crippen LogP contribution in [0.1, 0.15) is 146 Å². The molecule has 0 saturated carbocycles. The van der Waals surface area contributed by atoms with Crippen LogP contribution in [0.2, 0.25) is 0 Å². The Kier molecular flexibility index (Phi) is 28.8. The van der Waals surface area contributed by atoms with E-state index in [-0.39, 0.29) is 54.8 Å². The van der Waals surface area contributed by atoms with Gasteiger partial charge in [0.1, 0.15) is 12.1 Å². The van der Waals surface area contributed by atoms with Crippen molar-refractivity contribution in [1.82, 2.24) is 0 Å². The first-order valence-corrected chi connectivity index (χ1v) is 20.2. The Hall–Kier alpha value is -0.180. The Labute approximate surface area is 305 Å². The van der Waals surface area contributed by atoms with E-state index >= 15 is 0 Å². The monoisotopic (exact) mass is 682 g/mol. The Morgan fingerprint density at radius 3 is 1.59 bits per heavy atom. The molecule has 2 heterocycles. The van der Waals surface area contributed by atoms with Gasteiger partial charge in [0.2, 0.25) is 0 Å². The van der Waals surface area contributed by atoms with Crippen molar-refractivity contribution in [3.05, 3.63) is 12.2 Å². The van der Waals surface area contributed by atoms with Gasteiger partial charge in [0.15, 0.2) is 17.4 Å². The van der Waals surface area contributed by atoms with E-state index in [0.29, 0.717) is 38.6 Å². The van der Waals surface area contributed by atoms with Gasteiger partial charge in [-0.25, -0.2) is 0 Å². The molecule has 0 amide bonds. The van der Waals surface area contributed by atoms with Crippen molar-refractivity contribution < 1.29 is 68.9 Å². The van der Waals surface area contributed by atoms with Gasteiger partial charge < -0.3 is 29.7 Å². The molecule has 0 aromatic heterocycles. The zero-order chi connectivity index (χ0) is 34.2. The van der Waals surface area contributed by atoms with Crippen molar-refractivity contribution in [3.63, 3.8) is 0 Å². The predicted octanol–water partition coefficient (Wildman–Crippen LogP) is 6.18. The van der Waals surface area contributed by atoms with Crippen LogP contribution in [0.3, 0.4) is 0 Å². The fourth-order valence-corrected chi connectivity index (χ4v) is 5.99. The minimum Gasteiger partial charge on any atom is -1.00 e. The molecule has 2 atom stereocenters. The summed E-state index contributed by atoms with van der Waals surface area (Å²) in [6.07, 6.45) is 21.8. The number of ether oxygens (including phenoxy) is 4. The minimum atomic E-state index is -2.14. The number of unbranched alkanes of at least 4 members (excludes halogenated alkanes) is 10. The van der Waals surface area contributed by atoms with Crippen LogP contribution in [0, 0.1) is 0 Å². The molecule has 0 bridgehead atoms. The van der Waals surface area contributed by atoms with Crippen LogP contribution in [0.25, 0.3) is 0 Å². The fourth-order valence-electron chi connectivity index (χ4n) is 4.99. The maximum Gasteiger partial charge on any atom is 1.00 e. The van der Waals surface area contributed by atoms with Crippen molar-refractivity contribution in [3.8, 4) is 0 Å². The van der Waals surface area contributed by atoms with Crippen molar-refractivity contribution in [2.45, 2.75) is 168 Å². The second-order valence-corrected chi connectivity index (χ2v) is 17.2. The molecule has 0 unspecified atom stereocenters. The standard InChI is InChI=1S/C17H30O3.C12H25O2P.C7H12O3.Na.H/c1-4-5-6-7-8-9-11-15(18)12-10-13-16-14-19-17(2,3)20-16;1-4-5-6-7-8-9-10-12(13)11-15(2,3)14;1-7(2)9-5-6(10-7)3-4-8;;/h10,12,16H,4-9,11,13-14H2,1-3H3;4-11H2,1-3H3;4,6H,3,5H2,1-2H3;;/q;;;+1;-1/b12-10+;;;;/t16-;;6-;;/m0.0../s1. The third-order valence-electron chi connectivity index (χ3n) is 7.34. The van der Waals surface area contributed by atoms with Gasteiger partial charge in [-0.3, -0.25) is 9.59 Å². The van der Waals surface area contributed by atoms with Gasteiger partial charge in [0.05, 0.1) is 38.7 Å². The summed E-state index contributed by atoms with van der Waals surface area (Å²) >= 11 is 0. The maximum absolute atomic E-state index is 11.7. The van der Waals surface area contributed by atoms with E-state index in [2.05, 4.69) is 13.8 Å². The number of Topliss-reactive ketones (excluding diaryl/α,β-unsaturated/α-hetero) is 1. The van der Waals surface area contributed by atoms with Crippen LogP contribution < -0.4 is 29.6 Å². The van der Waals surface area contributed by atoms with Crippen molar-refractivity contribution in [2.75, 3.05) is 32.7 Å². The van der Waals surface area contributed by atoms with Crippen molar-refractivity contribution in [2.24, 2.45) is 0 Å². The van der Waals surface area contributed by atoms with E-state index in [1.165, 1.54) is 57.8 Å². The van der Waals surface area contributed by atoms with Crippen LogP contribution in [0.4, 0.5) is 0 Å². The van der Waals surface area contributed by atoms with Gasteiger partial charge in [0.25, 0.3) is 0 Å². The number of carbonyl (C=O) groups is 3. The third kappa shape index (κ3) is 29.9. The molecule has 46 heavy (non-hydrogen) atoms. The molecule has 2 saturated heterocycles. The summed E-state index contributed by atoms with van der Waals surface area (Å²) in [4.78, 5) is 33.1. The Balaban J connectivity index is -0.000000637. The summed E-state index contributed by atoms with van der Waals surface area (Å²) in [6, 6.07) is 0. The first-order valence-electron chi connectivity index (χ1n) is 17.4. The minimum absolute atomic E-state index is 0. The van der Waals surface area contributed by atoms with E-state index < -0.39 is 18.7 Å². The molecule has 0 radical (unpaired) electrons. The van der Waals surface area contributed by atoms with Gasteiger partial charge in [-0.05, 0) is 66.4 Å². The smallest absolute Gasteiger partial charge is 1.00 e. The normalized spacial score (nSPS) is 19.8. The molecule has 2 aliphatic rings. The van der Waals surface area contributed by atoms with Gasteiger partial charge in [0, 0.05) is 19.3 Å². The van der Waals surface area contributed by atoms with Crippen molar-refractivity contribution >= 4 is 25.0 Å². The Bertz CT molecular complexity index is 890. The summed E-state index contributed by atoms with van der Waals surface area (Å²) in [5.41, 5.74) is 0. The molecule has 2 rings (SSSR count). The molecule has 0 aromatic rings. The zero-order valence-electron chi connectivity index (χ0n) is 32.0. The SMILES string of the molecule is CC1(C)OC[C@H](CC=O)O1.CCCCCCCCC(=O)/C=C/C[C@H]1COC(C)(C)O1.CCCCCCCCC(=O)CP(C)(C)=O.[H-].[Na+]. The second-order valence-electron chi connectivity index (χ2n) is 13.7. The average molecular weight is 683 g/mol. The fraction of sp³-hybridized carbons (Fsp3) is 0.861. The molecule has 266 valence electrons. The number of carbonyl (C=O) groups excluding carboxylic acids is 3. The van der Waals surface area contributed by atoms with Gasteiger partial charge in [-0.15, -0.1) is 0 Å². The number of hydrogen-bond donors (Lipinski definition) is 0. The molecule has 8 nitrogen and oxygen atoms in total. The molecule has 0 spiro atoms. The predicted molar refractivity (Wildman–Crippen MR) is 186 cm³/mol.